The van der Waals surface area contributed by atoms with Crippen molar-refractivity contribution in [1.29, 1.82) is 0 Å². The molecule has 7 heteroatoms. The van der Waals surface area contributed by atoms with Crippen LogP contribution in [0.1, 0.15) is 55.7 Å². The van der Waals surface area contributed by atoms with Crippen molar-refractivity contribution in [1.82, 2.24) is 9.47 Å². The van der Waals surface area contributed by atoms with Crippen molar-refractivity contribution in [3.63, 3.8) is 0 Å². The van der Waals surface area contributed by atoms with Gasteiger partial charge in [-0.05, 0) is 70.4 Å². The van der Waals surface area contributed by atoms with Crippen molar-refractivity contribution in [2.45, 2.75) is 52.2 Å². The Bertz CT molecular complexity index is 893. The maximum absolute atomic E-state index is 12.8. The number of carbonyl (C=O) groups is 2. The zero-order valence-corrected chi connectivity index (χ0v) is 18.1. The highest BCUT2D eigenvalue weighted by molar-refractivity contribution is 6.34. The van der Waals surface area contributed by atoms with Crippen molar-refractivity contribution in [3.8, 4) is 0 Å². The fraction of sp³-hybridized carbons (Fsp3) is 0.455. The monoisotopic (exact) mass is 417 g/mol. The summed E-state index contributed by atoms with van der Waals surface area (Å²) in [5, 5.41) is 3.41. The lowest BCUT2D eigenvalue weighted by atomic mass is 10.0. The van der Waals surface area contributed by atoms with E-state index < -0.39 is 5.60 Å². The SMILES string of the molecule is Cc1ccc(NC(=O)c2cccn2C2CCN(C(=O)OC(C)(C)C)CC2)c(Cl)c1. The maximum Gasteiger partial charge on any atom is 0.410 e. The highest BCUT2D eigenvalue weighted by atomic mass is 35.5. The molecule has 3 rings (SSSR count). The van der Waals surface area contributed by atoms with Crippen LogP contribution >= 0.6 is 11.6 Å². The molecule has 29 heavy (non-hydrogen) atoms. The number of carbonyl (C=O) groups excluding carboxylic acids is 2. The van der Waals surface area contributed by atoms with Gasteiger partial charge in [0.15, 0.2) is 0 Å². The fourth-order valence-corrected chi connectivity index (χ4v) is 3.75. The minimum absolute atomic E-state index is 0.151. The zero-order chi connectivity index (χ0) is 21.2. The molecule has 1 saturated heterocycles. The van der Waals surface area contributed by atoms with Crippen LogP contribution in [0.5, 0.6) is 0 Å². The molecule has 1 N–H and O–H groups in total. The minimum atomic E-state index is -0.503. The molecule has 0 aliphatic carbocycles. The van der Waals surface area contributed by atoms with Crippen molar-refractivity contribution in [2.75, 3.05) is 18.4 Å². The third-order valence-corrected chi connectivity index (χ3v) is 5.21. The molecule has 0 radical (unpaired) electrons. The Balaban J connectivity index is 1.65. The van der Waals surface area contributed by atoms with E-state index in [2.05, 4.69) is 5.32 Å². The van der Waals surface area contributed by atoms with Gasteiger partial charge in [-0.15, -0.1) is 0 Å². The molecular formula is C22H28ClN3O3. The van der Waals surface area contributed by atoms with Gasteiger partial charge >= 0.3 is 6.09 Å². The van der Waals surface area contributed by atoms with Crippen molar-refractivity contribution in [2.24, 2.45) is 0 Å². The normalized spacial score (nSPS) is 15.3. The number of nitrogens with one attached hydrogen (secondary N) is 1. The molecule has 0 unspecified atom stereocenters. The molecule has 1 fully saturated rings. The summed E-state index contributed by atoms with van der Waals surface area (Å²) in [6.45, 7) is 8.74. The molecule has 0 spiro atoms. The molecule has 2 heterocycles. The largest absolute Gasteiger partial charge is 0.444 e. The van der Waals surface area contributed by atoms with Crippen LogP contribution in [-0.4, -0.2) is 40.2 Å². The Morgan fingerprint density at radius 3 is 2.48 bits per heavy atom. The minimum Gasteiger partial charge on any atom is -0.444 e. The van der Waals surface area contributed by atoms with E-state index in [1.807, 2.05) is 62.7 Å². The van der Waals surface area contributed by atoms with E-state index >= 15 is 0 Å². The summed E-state index contributed by atoms with van der Waals surface area (Å²) in [5.41, 5.74) is 1.71. The van der Waals surface area contributed by atoms with Gasteiger partial charge in [-0.25, -0.2) is 4.79 Å². The van der Waals surface area contributed by atoms with E-state index in [-0.39, 0.29) is 18.0 Å². The predicted molar refractivity (Wildman–Crippen MR) is 115 cm³/mol. The number of hydrogen-bond donors (Lipinski definition) is 1. The van der Waals surface area contributed by atoms with E-state index in [1.54, 1.807) is 11.0 Å². The predicted octanol–water partition coefficient (Wildman–Crippen LogP) is 5.27. The van der Waals surface area contributed by atoms with Crippen LogP contribution < -0.4 is 5.32 Å². The summed E-state index contributed by atoms with van der Waals surface area (Å²) in [7, 11) is 0. The van der Waals surface area contributed by atoms with Gasteiger partial charge in [-0.2, -0.15) is 0 Å². The molecule has 1 aromatic carbocycles. The molecule has 0 atom stereocenters. The number of amides is 2. The van der Waals surface area contributed by atoms with E-state index in [0.717, 1.165) is 18.4 Å². The van der Waals surface area contributed by atoms with Gasteiger partial charge in [0.2, 0.25) is 0 Å². The summed E-state index contributed by atoms with van der Waals surface area (Å²) >= 11 is 6.24. The van der Waals surface area contributed by atoms with Crippen LogP contribution in [0.25, 0.3) is 0 Å². The van der Waals surface area contributed by atoms with Crippen LogP contribution in [-0.2, 0) is 4.74 Å². The standard InChI is InChI=1S/C22H28ClN3O3/c1-15-7-8-18(17(23)14-15)24-20(27)19-6-5-11-26(19)16-9-12-25(13-10-16)21(28)29-22(2,3)4/h5-8,11,14,16H,9-10,12-13H2,1-4H3,(H,24,27). The van der Waals surface area contributed by atoms with Crippen molar-refractivity contribution >= 4 is 29.3 Å². The third kappa shape index (κ3) is 5.32. The van der Waals surface area contributed by atoms with Crippen LogP contribution in [0.2, 0.25) is 5.02 Å². The van der Waals surface area contributed by atoms with E-state index in [9.17, 15) is 9.59 Å². The molecule has 156 valence electrons. The van der Waals surface area contributed by atoms with Gasteiger partial charge in [-0.1, -0.05) is 17.7 Å². The average molecular weight is 418 g/mol. The second-order valence-electron chi connectivity index (χ2n) is 8.44. The second-order valence-corrected chi connectivity index (χ2v) is 8.84. The number of anilines is 1. The van der Waals surface area contributed by atoms with Crippen molar-refractivity contribution < 1.29 is 14.3 Å². The number of nitrogens with zero attached hydrogens (tertiary/aromatic N) is 2. The van der Waals surface area contributed by atoms with Crippen LogP contribution in [0.15, 0.2) is 36.5 Å². The molecule has 1 aliphatic heterocycles. The van der Waals surface area contributed by atoms with E-state index in [4.69, 9.17) is 16.3 Å². The second kappa shape index (κ2) is 8.49. The number of benzene rings is 1. The summed E-state index contributed by atoms with van der Waals surface area (Å²) in [6.07, 6.45) is 3.16. The van der Waals surface area contributed by atoms with Gasteiger partial charge in [0, 0.05) is 25.3 Å². The number of likely N-dealkylation sites (tertiary alicyclic amines) is 1. The van der Waals surface area contributed by atoms with Crippen LogP contribution in [0.3, 0.4) is 0 Å². The molecule has 1 aliphatic rings. The quantitative estimate of drug-likeness (QED) is 0.739. The van der Waals surface area contributed by atoms with Gasteiger partial charge < -0.3 is 19.5 Å². The summed E-state index contributed by atoms with van der Waals surface area (Å²) in [5.74, 6) is -0.199. The molecule has 6 nitrogen and oxygen atoms in total. The van der Waals surface area contributed by atoms with Crippen molar-refractivity contribution in [3.05, 3.63) is 52.8 Å². The molecule has 1 aromatic heterocycles. The highest BCUT2D eigenvalue weighted by Crippen LogP contribution is 2.27. The summed E-state index contributed by atoms with van der Waals surface area (Å²) in [6, 6.07) is 9.36. The number of ether oxygens (including phenoxy) is 1. The topological polar surface area (TPSA) is 63.6 Å². The third-order valence-electron chi connectivity index (χ3n) is 4.89. The smallest absolute Gasteiger partial charge is 0.410 e. The Morgan fingerprint density at radius 1 is 1.17 bits per heavy atom. The van der Waals surface area contributed by atoms with Crippen LogP contribution in [0.4, 0.5) is 10.5 Å². The number of piperidine rings is 1. The first kappa shape index (κ1) is 21.2. The zero-order valence-electron chi connectivity index (χ0n) is 17.4. The van der Waals surface area contributed by atoms with Crippen LogP contribution in [0, 0.1) is 6.92 Å². The van der Waals surface area contributed by atoms with Gasteiger partial charge in [0.05, 0.1) is 10.7 Å². The molecular weight excluding hydrogens is 390 g/mol. The summed E-state index contributed by atoms with van der Waals surface area (Å²) in [4.78, 5) is 26.8. The average Bonchev–Trinajstić information content (AvgIpc) is 3.12. The number of aromatic nitrogens is 1. The number of halogens is 1. The molecule has 2 amide bonds. The Hall–Kier alpha value is -2.47. The van der Waals surface area contributed by atoms with Gasteiger partial charge in [0.1, 0.15) is 11.3 Å². The molecule has 2 aromatic rings. The first-order valence-electron chi connectivity index (χ1n) is 9.86. The molecule has 0 bridgehead atoms. The lowest BCUT2D eigenvalue weighted by Gasteiger charge is -2.34. The molecule has 0 saturated carbocycles. The first-order valence-corrected chi connectivity index (χ1v) is 10.2. The summed E-state index contributed by atoms with van der Waals surface area (Å²) < 4.78 is 7.44. The van der Waals surface area contributed by atoms with E-state index in [1.165, 1.54) is 0 Å². The number of rotatable bonds is 3. The Kier molecular flexibility index (Phi) is 6.22. The van der Waals surface area contributed by atoms with Gasteiger partial charge in [0.25, 0.3) is 5.91 Å². The Morgan fingerprint density at radius 2 is 1.86 bits per heavy atom. The Labute approximate surface area is 176 Å². The van der Waals surface area contributed by atoms with Gasteiger partial charge in [-0.3, -0.25) is 4.79 Å². The van der Waals surface area contributed by atoms with E-state index in [0.29, 0.717) is 29.5 Å². The lowest BCUT2D eigenvalue weighted by molar-refractivity contribution is 0.0187. The first-order chi connectivity index (χ1) is 13.6. The maximum atomic E-state index is 12.8. The lowest BCUT2D eigenvalue weighted by Crippen LogP contribution is -2.42. The highest BCUT2D eigenvalue weighted by Gasteiger charge is 2.28. The number of aryl methyl sites for hydroxylation is 1. The number of hydrogen-bond acceptors (Lipinski definition) is 3. The fourth-order valence-electron chi connectivity index (χ4n) is 3.47.